The minimum atomic E-state index is -2.03. The molecule has 3 heterocycles. The maximum atomic E-state index is 14.8. The highest BCUT2D eigenvalue weighted by Crippen LogP contribution is 2.50. The number of aromatic hydroxyl groups is 1. The molecule has 3 aliphatic heterocycles. The first kappa shape index (κ1) is 51.1. The van der Waals surface area contributed by atoms with E-state index in [-0.39, 0.29) is 97.6 Å². The van der Waals surface area contributed by atoms with E-state index in [9.17, 15) is 34.2 Å². The van der Waals surface area contributed by atoms with E-state index in [4.69, 9.17) is 33.1 Å². The number of anilines is 1. The molecule has 366 valence electrons. The van der Waals surface area contributed by atoms with Gasteiger partial charge in [0.15, 0.2) is 11.3 Å². The lowest BCUT2D eigenvalue weighted by Gasteiger charge is -2.39. The largest absolute Gasteiger partial charge is 0.507 e. The number of ether oxygens (including phenoxy) is 5. The highest BCUT2D eigenvalue weighted by atomic mass is 16.7. The number of hydrogen-bond acceptors (Lipinski definition) is 14. The Hall–Kier alpha value is -6.26. The number of allylic oxidation sites excluding steroid dienone is 2. The van der Waals surface area contributed by atoms with Crippen LogP contribution in [0.3, 0.4) is 0 Å². The van der Waals surface area contributed by atoms with Crippen molar-refractivity contribution in [3.8, 4) is 28.7 Å². The lowest BCUT2D eigenvalue weighted by Crippen LogP contribution is -2.46. The number of benzene rings is 3. The molecule has 68 heavy (non-hydrogen) atoms. The van der Waals surface area contributed by atoms with Gasteiger partial charge in [0.1, 0.15) is 46.9 Å². The minimum absolute atomic E-state index is 0.0392. The summed E-state index contributed by atoms with van der Waals surface area (Å²) in [5, 5.41) is 25.7. The molecule has 9 atom stereocenters. The Kier molecular flexibility index (Phi) is 14.9. The quantitative estimate of drug-likeness (QED) is 0.0944. The summed E-state index contributed by atoms with van der Waals surface area (Å²) in [4.78, 5) is 75.1. The Morgan fingerprint density at radius 1 is 0.971 bits per heavy atom. The zero-order chi connectivity index (χ0) is 50.3. The van der Waals surface area contributed by atoms with E-state index in [2.05, 4.69) is 5.32 Å². The SMILES string of the molecule is CO[C@H]1/C=C/O[C@@]2(C)Oc3c(C)c(O)c4c(=O)c(c5oc6cc(OCCN(C(C)=O)C(C)(C)C)ccc6nc-5c4c3C2=O)NC(=O)/C(C)=C\C=C\[C@H](C)[C@H](O)[C@@H](C)[C@@H](C)[C@@H](C)[C@H](OC(C)=O)[C@@H]1C. The fraction of sp³-hybridized carbons (Fsp3) is 0.500. The normalized spacial score (nSPS) is 27.8. The van der Waals surface area contributed by atoms with Crippen LogP contribution in [0.25, 0.3) is 33.3 Å². The van der Waals surface area contributed by atoms with Gasteiger partial charge in [-0.15, -0.1) is 0 Å². The number of aliphatic hydroxyl groups is 1. The van der Waals surface area contributed by atoms with Crippen molar-refractivity contribution < 1.29 is 57.5 Å². The van der Waals surface area contributed by atoms with Crippen molar-refractivity contribution in [1.82, 2.24) is 9.88 Å². The van der Waals surface area contributed by atoms with Gasteiger partial charge in [-0.2, -0.15) is 0 Å². The number of aromatic nitrogens is 1. The van der Waals surface area contributed by atoms with Crippen molar-refractivity contribution in [2.75, 3.05) is 25.6 Å². The number of ketones is 1. The Labute approximate surface area is 396 Å². The van der Waals surface area contributed by atoms with Gasteiger partial charge in [0.05, 0.1) is 36.0 Å². The predicted octanol–water partition coefficient (Wildman–Crippen LogP) is 8.25. The summed E-state index contributed by atoms with van der Waals surface area (Å²) in [5.74, 6) is -5.91. The van der Waals surface area contributed by atoms with Gasteiger partial charge in [-0.1, -0.05) is 52.8 Å². The van der Waals surface area contributed by atoms with Crippen molar-refractivity contribution in [3.63, 3.8) is 0 Å². The number of rotatable bonds is 6. The zero-order valence-corrected chi connectivity index (χ0v) is 41.4. The van der Waals surface area contributed by atoms with Crippen molar-refractivity contribution in [1.29, 1.82) is 0 Å². The molecule has 2 aromatic carbocycles. The van der Waals surface area contributed by atoms with Gasteiger partial charge in [0.2, 0.25) is 11.3 Å². The van der Waals surface area contributed by atoms with Gasteiger partial charge in [0, 0.05) is 67.8 Å². The summed E-state index contributed by atoms with van der Waals surface area (Å²) in [5.41, 5.74) is -1.10. The number of esters is 1. The second-order valence-corrected chi connectivity index (χ2v) is 19.4. The van der Waals surface area contributed by atoms with Crippen molar-refractivity contribution in [3.05, 3.63) is 75.7 Å². The Bertz CT molecular complexity index is 2750. The number of nitrogens with one attached hydrogen (secondary N) is 1. The molecule has 0 radical (unpaired) electrons. The maximum Gasteiger partial charge on any atom is 0.312 e. The van der Waals surface area contributed by atoms with Crippen LogP contribution in [0.4, 0.5) is 5.69 Å². The number of aliphatic hydroxyl groups excluding tert-OH is 1. The third-order valence-corrected chi connectivity index (χ3v) is 13.7. The van der Waals surface area contributed by atoms with Crippen LogP contribution in [-0.2, 0) is 28.6 Å². The van der Waals surface area contributed by atoms with Gasteiger partial charge >= 0.3 is 11.8 Å². The van der Waals surface area contributed by atoms with E-state index < -0.39 is 64.4 Å². The van der Waals surface area contributed by atoms with Gasteiger partial charge in [0.25, 0.3) is 11.7 Å². The lowest BCUT2D eigenvalue weighted by molar-refractivity contribution is -0.157. The Morgan fingerprint density at radius 3 is 2.29 bits per heavy atom. The summed E-state index contributed by atoms with van der Waals surface area (Å²) < 4.78 is 36.7. The van der Waals surface area contributed by atoms with E-state index in [1.165, 1.54) is 41.1 Å². The molecule has 4 aliphatic rings. The average molecular weight is 940 g/mol. The van der Waals surface area contributed by atoms with E-state index in [0.29, 0.717) is 12.3 Å². The van der Waals surface area contributed by atoms with Gasteiger partial charge in [-0.25, -0.2) is 4.98 Å². The first-order valence-electron chi connectivity index (χ1n) is 23.0. The molecule has 0 fully saturated rings. The van der Waals surface area contributed by atoms with E-state index in [1.807, 2.05) is 55.4 Å². The molecule has 0 aromatic heterocycles. The Balaban J connectivity index is 1.55. The molecule has 4 bridgehead atoms. The third kappa shape index (κ3) is 9.84. The topological polar surface area (TPSA) is 213 Å². The fourth-order valence-electron chi connectivity index (χ4n) is 9.31. The van der Waals surface area contributed by atoms with Crippen molar-refractivity contribution in [2.45, 2.75) is 120 Å². The van der Waals surface area contributed by atoms with E-state index in [1.54, 1.807) is 54.3 Å². The monoisotopic (exact) mass is 939 g/mol. The number of nitrogens with zero attached hydrogens (tertiary/aromatic N) is 2. The molecule has 16 nitrogen and oxygen atoms in total. The molecule has 6 rings (SSSR count). The lowest BCUT2D eigenvalue weighted by atomic mass is 9.73. The summed E-state index contributed by atoms with van der Waals surface area (Å²) in [6, 6.07) is 4.85. The van der Waals surface area contributed by atoms with Gasteiger partial charge in [-0.05, 0) is 70.6 Å². The number of amides is 2. The van der Waals surface area contributed by atoms with Crippen LogP contribution in [-0.4, -0.2) is 93.6 Å². The van der Waals surface area contributed by atoms with Crippen LogP contribution in [0.5, 0.6) is 17.2 Å². The van der Waals surface area contributed by atoms with Crippen LogP contribution in [0.2, 0.25) is 0 Å². The molecule has 0 unspecified atom stereocenters. The molecule has 0 saturated carbocycles. The number of hydrogen-bond donors (Lipinski definition) is 3. The number of phenols is 1. The van der Waals surface area contributed by atoms with Crippen LogP contribution in [0.15, 0.2) is 63.6 Å². The molecule has 16 heteroatoms. The standard InChI is InChI=1S/C52H65N3O13/c1-25-16-15-17-26(2)50(62)54-42-45(60)39-38(41-48(42)67-37-24-34(18-19-35(37)53-41)64-23-21-55(32(8)56)51(10,11)12)40-47(31(7)44(39)59)68-52(13,49(40)61)65-22-20-36(63-14)30(6)46(66-33(9)57)29(5)27(3)28(4)43(25)58/h15-20,22,24-25,27-30,36,43,46,58-59H,21,23H2,1-14H3,(H,54,62)/b16-15+,22-20+,26-17-/t25-,27+,28-,29+,30+,36-,43-,46-,52-/m0/s1. The molecule has 0 saturated heterocycles. The minimum Gasteiger partial charge on any atom is -0.507 e. The summed E-state index contributed by atoms with van der Waals surface area (Å²) in [6.45, 7) is 23.1. The number of carbonyl (C=O) groups is 4. The first-order valence-corrected chi connectivity index (χ1v) is 23.0. The maximum absolute atomic E-state index is 14.8. The molecular weight excluding hydrogens is 875 g/mol. The van der Waals surface area contributed by atoms with Crippen LogP contribution in [0, 0.1) is 36.5 Å². The second kappa shape index (κ2) is 19.8. The van der Waals surface area contributed by atoms with E-state index in [0.717, 1.165) is 0 Å². The van der Waals surface area contributed by atoms with Gasteiger partial charge in [-0.3, -0.25) is 24.0 Å². The summed E-state index contributed by atoms with van der Waals surface area (Å²) in [7, 11) is 1.50. The van der Waals surface area contributed by atoms with Gasteiger partial charge < -0.3 is 48.5 Å². The molecule has 1 aliphatic carbocycles. The van der Waals surface area contributed by atoms with Crippen molar-refractivity contribution in [2.24, 2.45) is 29.6 Å². The highest BCUT2D eigenvalue weighted by molar-refractivity contribution is 6.22. The number of Topliss-reactive ketones (excluding diaryl/α,β-unsaturated/α-hetero) is 1. The van der Waals surface area contributed by atoms with E-state index >= 15 is 0 Å². The zero-order valence-electron chi connectivity index (χ0n) is 41.4. The molecule has 0 spiro atoms. The second-order valence-electron chi connectivity index (χ2n) is 19.4. The third-order valence-electron chi connectivity index (χ3n) is 13.7. The number of phenolic OH excluding ortho intramolecular Hbond substituents is 1. The first-order chi connectivity index (χ1) is 31.8. The van der Waals surface area contributed by atoms with Crippen LogP contribution in [0.1, 0.15) is 99.0 Å². The number of carbonyl (C=O) groups excluding carboxylic acids is 4. The van der Waals surface area contributed by atoms with Crippen LogP contribution < -0.4 is 20.2 Å². The Morgan fingerprint density at radius 2 is 1.66 bits per heavy atom. The smallest absolute Gasteiger partial charge is 0.312 e. The highest BCUT2D eigenvalue weighted by Gasteiger charge is 2.50. The molecular formula is C52H65N3O13. The average Bonchev–Trinajstić information content (AvgIpc) is 3.54. The predicted molar refractivity (Wildman–Crippen MR) is 257 cm³/mol. The van der Waals surface area contributed by atoms with Crippen LogP contribution >= 0.6 is 0 Å². The molecule has 3 N–H and O–H groups in total. The molecule has 2 amide bonds. The van der Waals surface area contributed by atoms with Crippen molar-refractivity contribution >= 4 is 51.1 Å². The summed E-state index contributed by atoms with van der Waals surface area (Å²) >= 11 is 0. The number of methoxy groups -OCH3 is 1. The summed E-state index contributed by atoms with van der Waals surface area (Å²) in [6.07, 6.45) is 5.63. The number of fused-ring (bicyclic) bond motifs is 2. The molecule has 2 aromatic rings. The fourth-order valence-corrected chi connectivity index (χ4v) is 9.31.